The second-order valence-electron chi connectivity index (χ2n) is 12.1. The van der Waals surface area contributed by atoms with Crippen LogP contribution in [0.25, 0.3) is 95.3 Å². The molecule has 4 heterocycles. The molecule has 0 bridgehead atoms. The zero-order valence-electron chi connectivity index (χ0n) is 24.6. The Bertz CT molecular complexity index is 2830. The highest BCUT2D eigenvalue weighted by atomic mass is 32.1. The smallest absolute Gasteiger partial charge is 0.0702 e. The molecule has 46 heavy (non-hydrogen) atoms. The van der Waals surface area contributed by atoms with E-state index in [1.54, 1.807) is 0 Å². The second-order valence-corrected chi connectivity index (χ2v) is 14.3. The lowest BCUT2D eigenvalue weighted by Gasteiger charge is -2.16. The Hall–Kier alpha value is -5.42. The molecule has 7 aromatic carbocycles. The summed E-state index contributed by atoms with van der Waals surface area (Å²) in [5.41, 5.74) is 7.25. The normalized spacial score (nSPS) is 12.3. The molecule has 0 unspecified atom stereocenters. The Morgan fingerprint density at radius 2 is 0.674 bits per heavy atom. The summed E-state index contributed by atoms with van der Waals surface area (Å²) in [5, 5.41) is 10.4. The van der Waals surface area contributed by atoms with E-state index in [-0.39, 0.29) is 0 Å². The molecule has 0 amide bonds. The highest BCUT2D eigenvalue weighted by molar-refractivity contribution is 7.26. The average Bonchev–Trinajstić information content (AvgIpc) is 3.84. The van der Waals surface area contributed by atoms with Crippen molar-refractivity contribution in [3.05, 3.63) is 146 Å². The molecular formula is C42H24N2S2. The van der Waals surface area contributed by atoms with Crippen molar-refractivity contribution in [3.8, 4) is 11.4 Å². The number of aromatic nitrogens is 2. The van der Waals surface area contributed by atoms with Crippen LogP contribution >= 0.6 is 22.7 Å². The molecule has 4 aromatic heterocycles. The van der Waals surface area contributed by atoms with Crippen LogP contribution in [0.1, 0.15) is 0 Å². The molecule has 0 saturated heterocycles. The largest absolute Gasteiger partial charge is 0.307 e. The van der Waals surface area contributed by atoms with Crippen LogP contribution in [0.2, 0.25) is 0 Å². The maximum atomic E-state index is 2.49. The van der Waals surface area contributed by atoms with Gasteiger partial charge in [0.15, 0.2) is 0 Å². The summed E-state index contributed by atoms with van der Waals surface area (Å²) in [6, 6.07) is 53.9. The first kappa shape index (κ1) is 24.8. The van der Waals surface area contributed by atoms with Gasteiger partial charge in [-0.1, -0.05) is 84.9 Å². The summed E-state index contributed by atoms with van der Waals surface area (Å²) in [6.45, 7) is 0. The predicted octanol–water partition coefficient (Wildman–Crippen LogP) is 12.6. The highest BCUT2D eigenvalue weighted by Crippen LogP contribution is 2.44. The van der Waals surface area contributed by atoms with Crippen LogP contribution in [0.4, 0.5) is 0 Å². The van der Waals surface area contributed by atoms with Gasteiger partial charge >= 0.3 is 0 Å². The SMILES string of the molecule is c1ccc(-n2c3ccccc3c3cc4sc5ccccc5c4cc32)c(-n2c3ccccc3c3cc4sc5ccccc5c4cc32)c1. The maximum Gasteiger partial charge on any atom is 0.0702 e. The zero-order chi connectivity index (χ0) is 29.9. The molecule has 0 atom stereocenters. The van der Waals surface area contributed by atoms with Crippen LogP contribution in [-0.4, -0.2) is 9.13 Å². The summed E-state index contributed by atoms with van der Waals surface area (Å²) in [4.78, 5) is 0. The van der Waals surface area contributed by atoms with Gasteiger partial charge in [-0.25, -0.2) is 0 Å². The van der Waals surface area contributed by atoms with Gasteiger partial charge < -0.3 is 9.13 Å². The fourth-order valence-electron chi connectivity index (χ4n) is 7.74. The monoisotopic (exact) mass is 620 g/mol. The van der Waals surface area contributed by atoms with Gasteiger partial charge in [-0.2, -0.15) is 0 Å². The van der Waals surface area contributed by atoms with Gasteiger partial charge in [0.1, 0.15) is 0 Å². The molecule has 11 aromatic rings. The van der Waals surface area contributed by atoms with Crippen LogP contribution in [0, 0.1) is 0 Å². The third-order valence-electron chi connectivity index (χ3n) is 9.71. The molecule has 2 nitrogen and oxygen atoms in total. The predicted molar refractivity (Wildman–Crippen MR) is 201 cm³/mol. The molecule has 0 aliphatic carbocycles. The fraction of sp³-hybridized carbons (Fsp3) is 0. The zero-order valence-corrected chi connectivity index (χ0v) is 26.2. The van der Waals surface area contributed by atoms with E-state index < -0.39 is 0 Å². The number of para-hydroxylation sites is 4. The lowest BCUT2D eigenvalue weighted by atomic mass is 10.1. The van der Waals surface area contributed by atoms with Crippen LogP contribution in [0.5, 0.6) is 0 Å². The fourth-order valence-corrected chi connectivity index (χ4v) is 9.99. The number of rotatable bonds is 2. The standard InChI is InChI=1S/C42H24N2S2/c1-5-15-33-25(11-1)29-23-41-31(27-13-3-9-19-39(27)45-41)21-37(29)43(33)35-17-7-8-18-36(35)44-34-16-6-2-12-26(34)30-24-42-32(22-38(30)44)28-14-4-10-20-40(28)46-42/h1-24H. The maximum absolute atomic E-state index is 2.49. The summed E-state index contributed by atoms with van der Waals surface area (Å²) in [7, 11) is 0. The van der Waals surface area contributed by atoms with E-state index in [0.717, 1.165) is 0 Å². The minimum absolute atomic E-state index is 1.17. The molecule has 0 saturated carbocycles. The van der Waals surface area contributed by atoms with Crippen LogP contribution in [0.15, 0.2) is 146 Å². The third-order valence-corrected chi connectivity index (χ3v) is 12.0. The Kier molecular flexibility index (Phi) is 4.90. The Labute approximate surface area is 271 Å². The van der Waals surface area contributed by atoms with E-state index in [1.165, 1.54) is 95.3 Å². The summed E-state index contributed by atoms with van der Waals surface area (Å²) >= 11 is 3.77. The quantitative estimate of drug-likeness (QED) is 0.182. The van der Waals surface area contributed by atoms with Gasteiger partial charge in [0.05, 0.1) is 33.4 Å². The van der Waals surface area contributed by atoms with Crippen molar-refractivity contribution < 1.29 is 0 Å². The van der Waals surface area contributed by atoms with Gasteiger partial charge in [0.25, 0.3) is 0 Å². The number of benzene rings is 7. The van der Waals surface area contributed by atoms with Crippen LogP contribution in [0.3, 0.4) is 0 Å². The third kappa shape index (κ3) is 3.24. The van der Waals surface area contributed by atoms with E-state index in [0.29, 0.717) is 0 Å². The van der Waals surface area contributed by atoms with Crippen molar-refractivity contribution in [1.82, 2.24) is 9.13 Å². The molecule has 0 aliphatic heterocycles. The van der Waals surface area contributed by atoms with Crippen LogP contribution in [-0.2, 0) is 0 Å². The summed E-state index contributed by atoms with van der Waals surface area (Å²) < 4.78 is 10.3. The minimum atomic E-state index is 1.17. The Morgan fingerprint density at radius 3 is 1.15 bits per heavy atom. The molecule has 11 rings (SSSR count). The Morgan fingerprint density at radius 1 is 0.283 bits per heavy atom. The Balaban J connectivity index is 1.29. The first-order valence-corrected chi connectivity index (χ1v) is 17.2. The van der Waals surface area contributed by atoms with E-state index in [2.05, 4.69) is 155 Å². The lowest BCUT2D eigenvalue weighted by Crippen LogP contribution is -2.03. The van der Waals surface area contributed by atoms with Crippen molar-refractivity contribution in [2.24, 2.45) is 0 Å². The average molecular weight is 621 g/mol. The molecule has 0 radical (unpaired) electrons. The van der Waals surface area contributed by atoms with Crippen molar-refractivity contribution in [3.63, 3.8) is 0 Å². The molecule has 214 valence electrons. The number of hydrogen-bond acceptors (Lipinski definition) is 2. The lowest BCUT2D eigenvalue weighted by molar-refractivity contribution is 1.10. The second kappa shape index (κ2) is 9.07. The summed E-state index contributed by atoms with van der Waals surface area (Å²) in [6.07, 6.45) is 0. The molecule has 4 heteroatoms. The van der Waals surface area contributed by atoms with E-state index >= 15 is 0 Å². The van der Waals surface area contributed by atoms with Gasteiger partial charge in [0, 0.05) is 61.9 Å². The van der Waals surface area contributed by atoms with E-state index in [9.17, 15) is 0 Å². The van der Waals surface area contributed by atoms with Gasteiger partial charge in [-0.15, -0.1) is 22.7 Å². The van der Waals surface area contributed by atoms with Gasteiger partial charge in [0.2, 0.25) is 0 Å². The first-order chi connectivity index (χ1) is 22.8. The van der Waals surface area contributed by atoms with Crippen molar-refractivity contribution in [2.45, 2.75) is 0 Å². The highest BCUT2D eigenvalue weighted by Gasteiger charge is 2.21. The molecule has 0 fully saturated rings. The van der Waals surface area contributed by atoms with Crippen molar-refractivity contribution in [1.29, 1.82) is 0 Å². The number of nitrogens with zero attached hydrogens (tertiary/aromatic N) is 2. The first-order valence-electron chi connectivity index (χ1n) is 15.6. The summed E-state index contributed by atoms with van der Waals surface area (Å²) in [5.74, 6) is 0. The van der Waals surface area contributed by atoms with Crippen molar-refractivity contribution in [2.75, 3.05) is 0 Å². The molecule has 0 N–H and O–H groups in total. The minimum Gasteiger partial charge on any atom is -0.307 e. The number of hydrogen-bond donors (Lipinski definition) is 0. The molecular weight excluding hydrogens is 597 g/mol. The molecule has 0 spiro atoms. The van der Waals surface area contributed by atoms with E-state index in [1.807, 2.05) is 22.7 Å². The number of fused-ring (bicyclic) bond motifs is 12. The molecule has 0 aliphatic rings. The topological polar surface area (TPSA) is 9.86 Å². The van der Waals surface area contributed by atoms with Crippen molar-refractivity contribution >= 4 is 107 Å². The van der Waals surface area contributed by atoms with Crippen LogP contribution < -0.4 is 0 Å². The van der Waals surface area contributed by atoms with E-state index in [4.69, 9.17) is 0 Å². The number of thiophene rings is 2. The van der Waals surface area contributed by atoms with Gasteiger partial charge in [-0.05, 0) is 60.7 Å². The van der Waals surface area contributed by atoms with Gasteiger partial charge in [-0.3, -0.25) is 0 Å².